The fourth-order valence-corrected chi connectivity index (χ4v) is 4.43. The smallest absolute Gasteiger partial charge is 0.263 e. The number of aliphatic hydroxyl groups is 1. The van der Waals surface area contributed by atoms with Crippen LogP contribution in [0.2, 0.25) is 0 Å². The number of hydrogen-bond donors (Lipinski definition) is 2. The van der Waals surface area contributed by atoms with Gasteiger partial charge in [-0.05, 0) is 50.1 Å². The van der Waals surface area contributed by atoms with E-state index in [9.17, 15) is 8.42 Å². The third-order valence-corrected chi connectivity index (χ3v) is 5.80. The minimum atomic E-state index is -3.61. The summed E-state index contributed by atoms with van der Waals surface area (Å²) in [4.78, 5) is 1.54. The zero-order chi connectivity index (χ0) is 14.9. The molecule has 0 atom stereocenters. The molecule has 0 radical (unpaired) electrons. The molecule has 2 rings (SSSR count). The third-order valence-electron chi connectivity index (χ3n) is 3.13. The Morgan fingerprint density at radius 1 is 1.15 bits per heavy atom. The molecule has 0 amide bonds. The zero-order valence-corrected chi connectivity index (χ0v) is 13.2. The summed E-state index contributed by atoms with van der Waals surface area (Å²) in [6.07, 6.45) is 0. The van der Waals surface area contributed by atoms with Crippen LogP contribution in [-0.4, -0.2) is 13.5 Å². The lowest BCUT2D eigenvalue weighted by Gasteiger charge is -2.09. The van der Waals surface area contributed by atoms with E-state index in [4.69, 9.17) is 5.11 Å². The first kappa shape index (κ1) is 15.0. The number of anilines is 1. The Hall–Kier alpha value is -1.37. The molecule has 0 saturated carbocycles. The zero-order valence-electron chi connectivity index (χ0n) is 11.6. The summed E-state index contributed by atoms with van der Waals surface area (Å²) < 4.78 is 27.3. The lowest BCUT2D eigenvalue weighted by molar-refractivity contribution is 0.285. The van der Waals surface area contributed by atoms with Crippen molar-refractivity contribution in [2.45, 2.75) is 32.3 Å². The quantitative estimate of drug-likeness (QED) is 0.912. The number of aliphatic hydroxyl groups excluding tert-OH is 1. The lowest BCUT2D eigenvalue weighted by Crippen LogP contribution is -2.13. The van der Waals surface area contributed by atoms with E-state index >= 15 is 0 Å². The van der Waals surface area contributed by atoms with Gasteiger partial charge in [-0.25, -0.2) is 8.42 Å². The molecule has 0 unspecified atom stereocenters. The summed E-state index contributed by atoms with van der Waals surface area (Å²) in [7, 11) is -3.61. The van der Waals surface area contributed by atoms with Crippen LogP contribution in [-0.2, 0) is 16.6 Å². The van der Waals surface area contributed by atoms with Crippen LogP contribution >= 0.6 is 11.3 Å². The second-order valence-electron chi connectivity index (χ2n) is 4.70. The van der Waals surface area contributed by atoms with E-state index in [1.54, 1.807) is 13.0 Å². The van der Waals surface area contributed by atoms with E-state index < -0.39 is 10.0 Å². The van der Waals surface area contributed by atoms with Crippen molar-refractivity contribution in [1.82, 2.24) is 0 Å². The van der Waals surface area contributed by atoms with Gasteiger partial charge in [-0.15, -0.1) is 11.3 Å². The van der Waals surface area contributed by atoms with Crippen LogP contribution in [0.25, 0.3) is 0 Å². The van der Waals surface area contributed by atoms with Crippen molar-refractivity contribution >= 4 is 27.0 Å². The topological polar surface area (TPSA) is 66.4 Å². The highest BCUT2D eigenvalue weighted by molar-refractivity contribution is 7.93. The van der Waals surface area contributed by atoms with E-state index in [1.165, 1.54) is 17.4 Å². The van der Waals surface area contributed by atoms with Gasteiger partial charge in [-0.3, -0.25) is 4.72 Å². The molecule has 0 saturated heterocycles. The fraction of sp³-hybridized carbons (Fsp3) is 0.286. The van der Waals surface area contributed by atoms with Crippen LogP contribution in [0.3, 0.4) is 0 Å². The minimum absolute atomic E-state index is 0.148. The van der Waals surface area contributed by atoms with Crippen molar-refractivity contribution in [3.8, 4) is 0 Å². The Kier molecular flexibility index (Phi) is 4.17. The molecule has 0 spiro atoms. The monoisotopic (exact) mass is 311 g/mol. The molecular weight excluding hydrogens is 294 g/mol. The lowest BCUT2D eigenvalue weighted by atomic mass is 10.1. The Labute approximate surface area is 123 Å². The molecule has 0 aliphatic heterocycles. The van der Waals surface area contributed by atoms with Crippen molar-refractivity contribution in [2.24, 2.45) is 0 Å². The molecule has 0 aliphatic rings. The summed E-state index contributed by atoms with van der Waals surface area (Å²) in [5.74, 6) is 0. The number of aryl methyl sites for hydroxylation is 3. The predicted octanol–water partition coefficient (Wildman–Crippen LogP) is 2.97. The first-order valence-electron chi connectivity index (χ1n) is 6.13. The molecule has 0 fully saturated rings. The molecule has 6 heteroatoms. The fourth-order valence-electron chi connectivity index (χ4n) is 1.88. The molecule has 20 heavy (non-hydrogen) atoms. The van der Waals surface area contributed by atoms with Gasteiger partial charge in [0.2, 0.25) is 0 Å². The van der Waals surface area contributed by atoms with Gasteiger partial charge in [0.25, 0.3) is 10.0 Å². The number of thiophene rings is 1. The Morgan fingerprint density at radius 2 is 1.85 bits per heavy atom. The minimum Gasteiger partial charge on any atom is -0.391 e. The van der Waals surface area contributed by atoms with Crippen molar-refractivity contribution < 1.29 is 13.5 Å². The van der Waals surface area contributed by atoms with Crippen LogP contribution in [0, 0.1) is 20.8 Å². The summed E-state index contributed by atoms with van der Waals surface area (Å²) in [5.41, 5.74) is 2.69. The van der Waals surface area contributed by atoms with Gasteiger partial charge in [0, 0.05) is 15.4 Å². The largest absolute Gasteiger partial charge is 0.391 e. The van der Waals surface area contributed by atoms with E-state index in [0.717, 1.165) is 11.1 Å². The van der Waals surface area contributed by atoms with Crippen molar-refractivity contribution in [3.05, 3.63) is 45.1 Å². The predicted molar refractivity (Wildman–Crippen MR) is 81.7 cm³/mol. The SMILES string of the molecule is Cc1ccc(NS(=O)(=O)c2cc(CO)sc2C)cc1C. The highest BCUT2D eigenvalue weighted by Gasteiger charge is 2.20. The Morgan fingerprint density at radius 3 is 2.40 bits per heavy atom. The maximum Gasteiger partial charge on any atom is 0.263 e. The Bertz CT molecular complexity index is 733. The average Bonchev–Trinajstić information content (AvgIpc) is 2.76. The molecule has 2 aromatic rings. The molecule has 108 valence electrons. The van der Waals surface area contributed by atoms with Crippen molar-refractivity contribution in [2.75, 3.05) is 4.72 Å². The number of sulfonamides is 1. The molecule has 1 heterocycles. The molecule has 1 aromatic carbocycles. The normalized spacial score (nSPS) is 11.6. The van der Waals surface area contributed by atoms with E-state index in [1.807, 2.05) is 26.0 Å². The number of nitrogens with one attached hydrogen (secondary N) is 1. The van der Waals surface area contributed by atoms with Crippen LogP contribution in [0.15, 0.2) is 29.2 Å². The van der Waals surface area contributed by atoms with Crippen LogP contribution in [0.1, 0.15) is 20.9 Å². The number of benzene rings is 1. The van der Waals surface area contributed by atoms with Gasteiger partial charge in [-0.1, -0.05) is 6.07 Å². The number of rotatable bonds is 4. The molecule has 0 aliphatic carbocycles. The molecular formula is C14H17NO3S2. The van der Waals surface area contributed by atoms with Gasteiger partial charge in [0.15, 0.2) is 0 Å². The molecule has 1 aromatic heterocycles. The first-order chi connectivity index (χ1) is 9.33. The molecule has 4 nitrogen and oxygen atoms in total. The van der Waals surface area contributed by atoms with Crippen LogP contribution in [0.4, 0.5) is 5.69 Å². The van der Waals surface area contributed by atoms with Gasteiger partial charge >= 0.3 is 0 Å². The summed E-state index contributed by atoms with van der Waals surface area (Å²) >= 11 is 1.29. The van der Waals surface area contributed by atoms with E-state index in [2.05, 4.69) is 4.72 Å². The van der Waals surface area contributed by atoms with Gasteiger partial charge in [-0.2, -0.15) is 0 Å². The van der Waals surface area contributed by atoms with Crippen LogP contribution < -0.4 is 4.72 Å². The summed E-state index contributed by atoms with van der Waals surface area (Å²) in [5, 5.41) is 9.09. The first-order valence-corrected chi connectivity index (χ1v) is 8.43. The van der Waals surface area contributed by atoms with Gasteiger partial charge in [0.05, 0.1) is 6.61 Å². The standard InChI is InChI=1S/C14H17NO3S2/c1-9-4-5-12(6-10(9)2)15-20(17,18)14-7-13(8-16)19-11(14)3/h4-7,15-16H,8H2,1-3H3. The highest BCUT2D eigenvalue weighted by Crippen LogP contribution is 2.27. The number of hydrogen-bond acceptors (Lipinski definition) is 4. The highest BCUT2D eigenvalue weighted by atomic mass is 32.2. The van der Waals surface area contributed by atoms with Gasteiger partial charge < -0.3 is 5.11 Å². The molecule has 2 N–H and O–H groups in total. The third kappa shape index (κ3) is 3.03. The van der Waals surface area contributed by atoms with Gasteiger partial charge in [0.1, 0.15) is 4.90 Å². The second kappa shape index (κ2) is 5.55. The van der Waals surface area contributed by atoms with Crippen molar-refractivity contribution in [1.29, 1.82) is 0 Å². The van der Waals surface area contributed by atoms with Crippen molar-refractivity contribution in [3.63, 3.8) is 0 Å². The maximum atomic E-state index is 12.4. The van der Waals surface area contributed by atoms with Crippen LogP contribution in [0.5, 0.6) is 0 Å². The summed E-state index contributed by atoms with van der Waals surface area (Å²) in [6, 6.07) is 6.95. The average molecular weight is 311 g/mol. The van der Waals surface area contributed by atoms with E-state index in [0.29, 0.717) is 15.4 Å². The molecule has 0 bridgehead atoms. The van der Waals surface area contributed by atoms with E-state index in [-0.39, 0.29) is 11.5 Å². The second-order valence-corrected chi connectivity index (χ2v) is 7.69. The maximum absolute atomic E-state index is 12.4. The summed E-state index contributed by atoms with van der Waals surface area (Å²) in [6.45, 7) is 5.50. The Balaban J connectivity index is 2.35.